The van der Waals surface area contributed by atoms with Gasteiger partial charge in [0, 0.05) is 12.7 Å². The summed E-state index contributed by atoms with van der Waals surface area (Å²) in [6, 6.07) is 5.38. The number of aromatic carboxylic acids is 1. The first-order valence-electron chi connectivity index (χ1n) is 5.67. The van der Waals surface area contributed by atoms with Crippen molar-refractivity contribution in [2.45, 2.75) is 13.8 Å². The smallest absolute Gasteiger partial charge is 0.356 e. The molecule has 2 aromatic rings. The summed E-state index contributed by atoms with van der Waals surface area (Å²) in [7, 11) is 0. The molecule has 5 nitrogen and oxygen atoms in total. The number of imidazole rings is 1. The molecule has 0 aromatic carbocycles. The zero-order valence-electron chi connectivity index (χ0n) is 10.3. The molecule has 2 heterocycles. The van der Waals surface area contributed by atoms with E-state index >= 15 is 0 Å². The van der Waals surface area contributed by atoms with E-state index in [0.29, 0.717) is 18.0 Å². The summed E-state index contributed by atoms with van der Waals surface area (Å²) in [6.45, 7) is 4.54. The predicted molar refractivity (Wildman–Crippen MR) is 70.1 cm³/mol. The van der Waals surface area contributed by atoms with E-state index in [1.54, 1.807) is 22.7 Å². The largest absolute Gasteiger partial charge is 0.476 e. The van der Waals surface area contributed by atoms with Gasteiger partial charge in [0.2, 0.25) is 0 Å². The molecule has 94 valence electrons. The Hall–Kier alpha value is -2.30. The number of nitrogens with one attached hydrogen (secondary N) is 1. The van der Waals surface area contributed by atoms with Crippen LogP contribution in [0.15, 0.2) is 36.0 Å². The van der Waals surface area contributed by atoms with E-state index in [1.807, 2.05) is 26.0 Å². The summed E-state index contributed by atoms with van der Waals surface area (Å²) >= 11 is 0. The Bertz CT molecular complexity index is 610. The van der Waals surface area contributed by atoms with Crippen molar-refractivity contribution in [3.05, 3.63) is 41.7 Å². The third kappa shape index (κ3) is 2.34. The molecular weight excluding hydrogens is 230 g/mol. The molecule has 0 atom stereocenters. The van der Waals surface area contributed by atoms with Crippen molar-refractivity contribution in [3.8, 4) is 0 Å². The van der Waals surface area contributed by atoms with Crippen molar-refractivity contribution >= 4 is 17.4 Å². The molecule has 0 saturated heterocycles. The van der Waals surface area contributed by atoms with Crippen LogP contribution in [0.25, 0.3) is 5.65 Å². The molecule has 0 bridgehead atoms. The van der Waals surface area contributed by atoms with Crippen LogP contribution >= 0.6 is 0 Å². The second-order valence-electron chi connectivity index (χ2n) is 4.21. The fourth-order valence-corrected chi connectivity index (χ4v) is 1.68. The quantitative estimate of drug-likeness (QED) is 0.812. The van der Waals surface area contributed by atoms with E-state index < -0.39 is 5.97 Å². The lowest BCUT2D eigenvalue weighted by Gasteiger charge is -2.01. The number of hydrogen-bond donors (Lipinski definition) is 2. The van der Waals surface area contributed by atoms with Gasteiger partial charge in [-0.2, -0.15) is 0 Å². The van der Waals surface area contributed by atoms with E-state index in [2.05, 4.69) is 10.3 Å². The average Bonchev–Trinajstić information content (AvgIpc) is 2.66. The number of allylic oxidation sites excluding steroid dienone is 1. The van der Waals surface area contributed by atoms with Crippen molar-refractivity contribution < 1.29 is 9.90 Å². The minimum atomic E-state index is -0.992. The molecule has 0 spiro atoms. The summed E-state index contributed by atoms with van der Waals surface area (Å²) in [5, 5.41) is 12.3. The van der Waals surface area contributed by atoms with Gasteiger partial charge in [0.05, 0.1) is 0 Å². The Morgan fingerprint density at radius 2 is 2.28 bits per heavy atom. The van der Waals surface area contributed by atoms with Gasteiger partial charge in [-0.05, 0) is 26.0 Å². The van der Waals surface area contributed by atoms with E-state index in [4.69, 9.17) is 0 Å². The molecule has 0 unspecified atom stereocenters. The maximum absolute atomic E-state index is 11.3. The van der Waals surface area contributed by atoms with Crippen molar-refractivity contribution in [2.75, 3.05) is 11.9 Å². The average molecular weight is 245 g/mol. The maximum atomic E-state index is 11.3. The van der Waals surface area contributed by atoms with Crippen LogP contribution in [0.5, 0.6) is 0 Å². The number of anilines is 1. The molecule has 0 amide bonds. The van der Waals surface area contributed by atoms with Crippen LogP contribution in [0.3, 0.4) is 0 Å². The molecule has 2 aromatic heterocycles. The zero-order valence-corrected chi connectivity index (χ0v) is 10.3. The number of rotatable bonds is 4. The highest BCUT2D eigenvalue weighted by Gasteiger charge is 2.17. The molecule has 0 aliphatic carbocycles. The Morgan fingerprint density at radius 3 is 2.94 bits per heavy atom. The molecule has 0 saturated carbocycles. The Kier molecular flexibility index (Phi) is 3.32. The van der Waals surface area contributed by atoms with Gasteiger partial charge in [-0.3, -0.25) is 4.40 Å². The second-order valence-corrected chi connectivity index (χ2v) is 4.21. The predicted octanol–water partition coefficient (Wildman–Crippen LogP) is 2.41. The van der Waals surface area contributed by atoms with Gasteiger partial charge in [-0.15, -0.1) is 0 Å². The Balaban J connectivity index is 2.40. The highest BCUT2D eigenvalue weighted by atomic mass is 16.4. The lowest BCUT2D eigenvalue weighted by atomic mass is 10.3. The van der Waals surface area contributed by atoms with Crippen LogP contribution < -0.4 is 5.32 Å². The van der Waals surface area contributed by atoms with Gasteiger partial charge in [0.25, 0.3) is 0 Å². The monoisotopic (exact) mass is 245 g/mol. The summed E-state index contributed by atoms with van der Waals surface area (Å²) in [5.41, 5.74) is 1.95. The lowest BCUT2D eigenvalue weighted by Crippen LogP contribution is -2.08. The number of nitrogens with zero attached hydrogens (tertiary/aromatic N) is 2. The molecule has 0 fully saturated rings. The first kappa shape index (κ1) is 12.2. The fourth-order valence-electron chi connectivity index (χ4n) is 1.68. The molecule has 2 rings (SSSR count). The SMILES string of the molecule is CC(C)=CCNc1nc2ccccn2c1C(=O)O. The van der Waals surface area contributed by atoms with Crippen LogP contribution in [0, 0.1) is 0 Å². The van der Waals surface area contributed by atoms with Gasteiger partial charge < -0.3 is 10.4 Å². The number of hydrogen-bond acceptors (Lipinski definition) is 3. The number of carbonyl (C=O) groups is 1. The minimum Gasteiger partial charge on any atom is -0.476 e. The highest BCUT2D eigenvalue weighted by molar-refractivity contribution is 5.92. The van der Waals surface area contributed by atoms with Crippen LogP contribution in [0.2, 0.25) is 0 Å². The molecule has 0 radical (unpaired) electrons. The summed E-state index contributed by atoms with van der Waals surface area (Å²) in [6.07, 6.45) is 3.67. The van der Waals surface area contributed by atoms with Gasteiger partial charge in [-0.25, -0.2) is 9.78 Å². The molecule has 5 heteroatoms. The number of carboxylic acid groups (broad SMARTS) is 1. The molecular formula is C13H15N3O2. The number of aromatic nitrogens is 2. The first-order chi connectivity index (χ1) is 8.59. The van der Waals surface area contributed by atoms with Gasteiger partial charge in [0.1, 0.15) is 5.65 Å². The first-order valence-corrected chi connectivity index (χ1v) is 5.67. The zero-order chi connectivity index (χ0) is 13.1. The molecule has 18 heavy (non-hydrogen) atoms. The molecule has 0 aliphatic heterocycles. The number of pyridine rings is 1. The Morgan fingerprint density at radius 1 is 1.50 bits per heavy atom. The van der Waals surface area contributed by atoms with Gasteiger partial charge >= 0.3 is 5.97 Å². The maximum Gasteiger partial charge on any atom is 0.356 e. The fraction of sp³-hybridized carbons (Fsp3) is 0.231. The number of carboxylic acids is 1. The van der Waals surface area contributed by atoms with E-state index in [9.17, 15) is 9.90 Å². The van der Waals surface area contributed by atoms with Crippen LogP contribution in [-0.2, 0) is 0 Å². The van der Waals surface area contributed by atoms with Crippen molar-refractivity contribution in [2.24, 2.45) is 0 Å². The van der Waals surface area contributed by atoms with E-state index in [0.717, 1.165) is 0 Å². The van der Waals surface area contributed by atoms with Crippen molar-refractivity contribution in [1.29, 1.82) is 0 Å². The minimum absolute atomic E-state index is 0.160. The standard InChI is InChI=1S/C13H15N3O2/c1-9(2)6-7-14-12-11(13(17)18)16-8-4-3-5-10(16)15-12/h3-6,8,14H,7H2,1-2H3,(H,17,18). The number of fused-ring (bicyclic) bond motifs is 1. The summed E-state index contributed by atoms with van der Waals surface area (Å²) in [4.78, 5) is 15.6. The topological polar surface area (TPSA) is 66.6 Å². The molecule has 0 aliphatic rings. The Labute approximate surface area is 105 Å². The van der Waals surface area contributed by atoms with Gasteiger partial charge in [-0.1, -0.05) is 17.7 Å². The van der Waals surface area contributed by atoms with E-state index in [1.165, 1.54) is 5.57 Å². The molecule has 2 N–H and O–H groups in total. The third-order valence-electron chi connectivity index (χ3n) is 2.51. The highest BCUT2D eigenvalue weighted by Crippen LogP contribution is 2.17. The summed E-state index contributed by atoms with van der Waals surface area (Å²) < 4.78 is 1.56. The lowest BCUT2D eigenvalue weighted by molar-refractivity contribution is 0.0690. The summed E-state index contributed by atoms with van der Waals surface area (Å²) in [5.74, 6) is -0.598. The van der Waals surface area contributed by atoms with E-state index in [-0.39, 0.29) is 5.69 Å². The second kappa shape index (κ2) is 4.91. The normalized spacial score (nSPS) is 10.3. The van der Waals surface area contributed by atoms with Gasteiger partial charge in [0.15, 0.2) is 11.5 Å². The van der Waals surface area contributed by atoms with Crippen LogP contribution in [0.1, 0.15) is 24.3 Å². The van der Waals surface area contributed by atoms with Crippen molar-refractivity contribution in [3.63, 3.8) is 0 Å². The van der Waals surface area contributed by atoms with Crippen molar-refractivity contribution in [1.82, 2.24) is 9.38 Å². The van der Waals surface area contributed by atoms with Crippen LogP contribution in [0.4, 0.5) is 5.82 Å². The van der Waals surface area contributed by atoms with Crippen LogP contribution in [-0.4, -0.2) is 27.0 Å². The third-order valence-corrected chi connectivity index (χ3v) is 2.51.